The molecule has 6 aromatic rings. The van der Waals surface area contributed by atoms with E-state index in [1.54, 1.807) is 11.1 Å². The van der Waals surface area contributed by atoms with Crippen molar-refractivity contribution in [3.05, 3.63) is 185 Å². The number of hydrogen-bond donors (Lipinski definition) is 0. The van der Waals surface area contributed by atoms with Gasteiger partial charge in [-0.1, -0.05) is 145 Å². The van der Waals surface area contributed by atoms with Gasteiger partial charge in [0.15, 0.2) is 0 Å². The highest BCUT2D eigenvalue weighted by Gasteiger charge is 2.48. The highest BCUT2D eigenvalue weighted by atomic mass is 14.7. The van der Waals surface area contributed by atoms with Crippen LogP contribution in [-0.4, -0.2) is 4.98 Å². The molecule has 0 radical (unpaired) electrons. The maximum atomic E-state index is 5.26. The molecular formula is C47H33N. The van der Waals surface area contributed by atoms with Crippen molar-refractivity contribution in [2.45, 2.75) is 12.8 Å². The Morgan fingerprint density at radius 1 is 0.604 bits per heavy atom. The van der Waals surface area contributed by atoms with Crippen molar-refractivity contribution in [1.82, 2.24) is 4.98 Å². The van der Waals surface area contributed by atoms with Gasteiger partial charge in [0.05, 0.1) is 11.2 Å². The quantitative estimate of drug-likeness (QED) is 0.181. The molecule has 0 amide bonds. The molecule has 11 rings (SSSR count). The van der Waals surface area contributed by atoms with Crippen LogP contribution in [0.4, 0.5) is 0 Å². The van der Waals surface area contributed by atoms with E-state index in [1.807, 2.05) is 0 Å². The Bertz CT molecular complexity index is 2560. The van der Waals surface area contributed by atoms with Crippen LogP contribution in [-0.2, 0) is 0 Å². The van der Waals surface area contributed by atoms with Crippen molar-refractivity contribution in [2.24, 2.45) is 23.7 Å². The van der Waals surface area contributed by atoms with Crippen LogP contribution >= 0.6 is 0 Å². The maximum Gasteiger partial charge on any atom is 0.0788 e. The van der Waals surface area contributed by atoms with Gasteiger partial charge in [-0.2, -0.15) is 0 Å². The molecule has 5 aliphatic carbocycles. The largest absolute Gasteiger partial charge is 0.247 e. The van der Waals surface area contributed by atoms with Crippen LogP contribution in [0, 0.1) is 23.7 Å². The van der Waals surface area contributed by atoms with Crippen molar-refractivity contribution in [3.8, 4) is 11.3 Å². The summed E-state index contributed by atoms with van der Waals surface area (Å²) in [6, 6.07) is 42.2. The second kappa shape index (κ2) is 9.99. The molecule has 1 aromatic heterocycles. The monoisotopic (exact) mass is 611 g/mol. The van der Waals surface area contributed by atoms with E-state index in [-0.39, 0.29) is 0 Å². The first-order chi connectivity index (χ1) is 23.8. The molecule has 0 saturated heterocycles. The molecule has 0 bridgehead atoms. The second-order valence-corrected chi connectivity index (χ2v) is 14.2. The highest BCUT2D eigenvalue weighted by Crippen LogP contribution is 2.62. The number of fused-ring (bicyclic) bond motifs is 9. The molecule has 1 saturated carbocycles. The lowest BCUT2D eigenvalue weighted by atomic mass is 9.70. The molecule has 226 valence electrons. The second-order valence-electron chi connectivity index (χ2n) is 14.2. The van der Waals surface area contributed by atoms with Crippen LogP contribution in [0.1, 0.15) is 24.0 Å². The third-order valence-corrected chi connectivity index (χ3v) is 11.6. The van der Waals surface area contributed by atoms with Gasteiger partial charge in [0, 0.05) is 28.2 Å². The van der Waals surface area contributed by atoms with Crippen LogP contribution in [0.3, 0.4) is 0 Å². The van der Waals surface area contributed by atoms with E-state index in [0.29, 0.717) is 23.7 Å². The summed E-state index contributed by atoms with van der Waals surface area (Å²) in [6.07, 6.45) is 17.1. The molecule has 48 heavy (non-hydrogen) atoms. The summed E-state index contributed by atoms with van der Waals surface area (Å²) in [5.41, 5.74) is 15.1. The molecule has 1 fully saturated rings. The molecule has 1 heteroatoms. The first-order valence-electron chi connectivity index (χ1n) is 17.4. The van der Waals surface area contributed by atoms with Crippen LogP contribution in [0.5, 0.6) is 0 Å². The summed E-state index contributed by atoms with van der Waals surface area (Å²) in [7, 11) is 0. The van der Waals surface area contributed by atoms with Crippen molar-refractivity contribution in [3.63, 3.8) is 0 Å². The fraction of sp³-hybridized carbons (Fsp3) is 0.128. The first kappa shape index (κ1) is 26.5. The van der Waals surface area contributed by atoms with Crippen LogP contribution in [0.25, 0.3) is 54.9 Å². The molecule has 0 aliphatic heterocycles. The van der Waals surface area contributed by atoms with E-state index in [0.717, 1.165) is 23.2 Å². The smallest absolute Gasteiger partial charge is 0.0788 e. The van der Waals surface area contributed by atoms with Gasteiger partial charge in [-0.15, -0.1) is 0 Å². The molecule has 1 heterocycles. The molecule has 1 nitrogen and oxygen atoms in total. The third kappa shape index (κ3) is 3.88. The normalized spacial score (nSPS) is 23.6. The van der Waals surface area contributed by atoms with E-state index in [2.05, 4.69) is 152 Å². The standard InChI is InChI=1S/C47H33N/c1-2-10-30(11-3-1)45-22-21-31-19-17-29-18-20-32(23-40(29)47(31)48-45)39-26-44-41(37-15-7-6-14-36(37)39)27-43-38-24-33(38)25-42(46(43)44)35-16-8-12-28-9-4-5-13-34(28)35/h1-23,25-26,33,36-38H,24,27H2. The van der Waals surface area contributed by atoms with Crippen LogP contribution < -0.4 is 0 Å². The van der Waals surface area contributed by atoms with Gasteiger partial charge in [-0.05, 0) is 92.5 Å². The predicted molar refractivity (Wildman–Crippen MR) is 200 cm³/mol. The molecule has 0 spiro atoms. The highest BCUT2D eigenvalue weighted by molar-refractivity contribution is 6.07. The molecule has 5 aliphatic rings. The Morgan fingerprint density at radius 3 is 2.31 bits per heavy atom. The topological polar surface area (TPSA) is 12.9 Å². The van der Waals surface area contributed by atoms with Gasteiger partial charge in [0.25, 0.3) is 0 Å². The summed E-state index contributed by atoms with van der Waals surface area (Å²) in [4.78, 5) is 5.26. The number of rotatable bonds is 3. The average Bonchev–Trinajstić information content (AvgIpc) is 3.84. The minimum absolute atomic E-state index is 0.329. The van der Waals surface area contributed by atoms with Gasteiger partial charge in [0.1, 0.15) is 0 Å². The summed E-state index contributed by atoms with van der Waals surface area (Å²) < 4.78 is 0. The van der Waals surface area contributed by atoms with Crippen LogP contribution in [0.15, 0.2) is 174 Å². The molecule has 4 unspecified atom stereocenters. The number of allylic oxidation sites excluding steroid dienone is 12. The fourth-order valence-corrected chi connectivity index (χ4v) is 9.22. The minimum atomic E-state index is 0.329. The number of pyridine rings is 1. The van der Waals surface area contributed by atoms with E-state index in [9.17, 15) is 0 Å². The SMILES string of the molecule is C1=CC2C(c3ccc4ccc5ccc(-c6ccccc6)nc5c4c3)=CC3=C(CC4=C3C(c3cccc5ccccc35)=CC3CC43)C2C=C1. The van der Waals surface area contributed by atoms with Gasteiger partial charge in [-0.3, -0.25) is 0 Å². The lowest BCUT2D eigenvalue weighted by Crippen LogP contribution is -2.21. The molecular weight excluding hydrogens is 579 g/mol. The Kier molecular flexibility index (Phi) is 5.52. The Labute approximate surface area is 280 Å². The lowest BCUT2D eigenvalue weighted by Gasteiger charge is -2.33. The minimum Gasteiger partial charge on any atom is -0.247 e. The lowest BCUT2D eigenvalue weighted by molar-refractivity contribution is 0.621. The van der Waals surface area contributed by atoms with Gasteiger partial charge < -0.3 is 0 Å². The van der Waals surface area contributed by atoms with Gasteiger partial charge in [0.2, 0.25) is 0 Å². The van der Waals surface area contributed by atoms with Crippen molar-refractivity contribution >= 4 is 43.6 Å². The zero-order chi connectivity index (χ0) is 31.3. The van der Waals surface area contributed by atoms with E-state index in [1.165, 1.54) is 66.8 Å². The Morgan fingerprint density at radius 2 is 1.38 bits per heavy atom. The molecule has 0 N–H and O–H groups in total. The number of aromatic nitrogens is 1. The fourth-order valence-electron chi connectivity index (χ4n) is 9.22. The van der Waals surface area contributed by atoms with E-state index < -0.39 is 0 Å². The number of hydrogen-bond acceptors (Lipinski definition) is 1. The zero-order valence-corrected chi connectivity index (χ0v) is 26.6. The summed E-state index contributed by atoms with van der Waals surface area (Å²) in [5, 5.41) is 6.30. The summed E-state index contributed by atoms with van der Waals surface area (Å²) in [6.45, 7) is 0. The van der Waals surface area contributed by atoms with Crippen LogP contribution in [0.2, 0.25) is 0 Å². The summed E-state index contributed by atoms with van der Waals surface area (Å²) >= 11 is 0. The van der Waals surface area contributed by atoms with Gasteiger partial charge >= 0.3 is 0 Å². The Balaban J connectivity index is 1.09. The predicted octanol–water partition coefficient (Wildman–Crippen LogP) is 11.7. The number of benzene rings is 5. The zero-order valence-electron chi connectivity index (χ0n) is 26.6. The van der Waals surface area contributed by atoms with E-state index >= 15 is 0 Å². The van der Waals surface area contributed by atoms with E-state index in [4.69, 9.17) is 4.98 Å². The maximum absolute atomic E-state index is 5.26. The van der Waals surface area contributed by atoms with Crippen molar-refractivity contribution < 1.29 is 0 Å². The van der Waals surface area contributed by atoms with Gasteiger partial charge in [-0.25, -0.2) is 4.98 Å². The third-order valence-electron chi connectivity index (χ3n) is 11.6. The first-order valence-corrected chi connectivity index (χ1v) is 17.4. The van der Waals surface area contributed by atoms with Crippen molar-refractivity contribution in [2.75, 3.05) is 0 Å². The number of nitrogens with zero attached hydrogens (tertiary/aromatic N) is 1. The summed E-state index contributed by atoms with van der Waals surface area (Å²) in [5.74, 6) is 2.10. The molecule has 5 aromatic carbocycles. The Hall–Kier alpha value is -5.53. The average molecular weight is 612 g/mol. The van der Waals surface area contributed by atoms with Crippen molar-refractivity contribution in [1.29, 1.82) is 0 Å². The molecule has 4 atom stereocenters.